The fourth-order valence-corrected chi connectivity index (χ4v) is 4.56. The van der Waals surface area contributed by atoms with Crippen LogP contribution in [0.3, 0.4) is 0 Å². The molecule has 0 aliphatic carbocycles. The van der Waals surface area contributed by atoms with E-state index < -0.39 is 15.4 Å². The first kappa shape index (κ1) is 12.1. The predicted molar refractivity (Wildman–Crippen MR) is 68.0 cm³/mol. The summed E-state index contributed by atoms with van der Waals surface area (Å²) in [5.41, 5.74) is 6.62. The Labute approximate surface area is 104 Å². The van der Waals surface area contributed by atoms with Crippen molar-refractivity contribution in [2.45, 2.75) is 18.4 Å². The zero-order valence-corrected chi connectivity index (χ0v) is 11.2. The van der Waals surface area contributed by atoms with E-state index in [1.807, 2.05) is 24.3 Å². The number of hydrogen-bond donors (Lipinski definition) is 1. The molecule has 3 nitrogen and oxygen atoms in total. The average Bonchev–Trinajstić information content (AvgIpc) is 2.40. The van der Waals surface area contributed by atoms with Gasteiger partial charge in [-0.25, -0.2) is 8.42 Å². The van der Waals surface area contributed by atoms with Crippen molar-refractivity contribution in [3.8, 4) is 0 Å². The van der Waals surface area contributed by atoms with Crippen molar-refractivity contribution in [1.29, 1.82) is 0 Å². The van der Waals surface area contributed by atoms with Gasteiger partial charge < -0.3 is 5.73 Å². The molecule has 0 aromatic heterocycles. The van der Waals surface area contributed by atoms with Crippen LogP contribution in [-0.2, 0) is 16.3 Å². The van der Waals surface area contributed by atoms with E-state index in [1.165, 1.54) is 0 Å². The van der Waals surface area contributed by atoms with Crippen LogP contribution in [0.25, 0.3) is 0 Å². The van der Waals surface area contributed by atoms with Gasteiger partial charge in [0.25, 0.3) is 0 Å². The number of rotatable bonds is 2. The zero-order valence-electron chi connectivity index (χ0n) is 8.82. The number of halogens is 1. The van der Waals surface area contributed by atoms with Crippen LogP contribution in [0.2, 0.25) is 0 Å². The Morgan fingerprint density at radius 1 is 1.44 bits per heavy atom. The first-order valence-electron chi connectivity index (χ1n) is 5.12. The third kappa shape index (κ3) is 2.84. The maximum atomic E-state index is 11.4. The SMILES string of the molecule is NC1(Cc2cccc(Br)c2)CCS(=O)(=O)C1. The molecule has 1 fully saturated rings. The van der Waals surface area contributed by atoms with Crippen LogP contribution in [0.1, 0.15) is 12.0 Å². The molecule has 1 unspecified atom stereocenters. The van der Waals surface area contributed by atoms with Crippen LogP contribution < -0.4 is 5.73 Å². The number of hydrogen-bond acceptors (Lipinski definition) is 3. The van der Waals surface area contributed by atoms with E-state index in [9.17, 15) is 8.42 Å². The normalized spacial score (nSPS) is 28.1. The molecule has 2 rings (SSSR count). The van der Waals surface area contributed by atoms with Gasteiger partial charge in [0.15, 0.2) is 9.84 Å². The lowest BCUT2D eigenvalue weighted by Crippen LogP contribution is -2.43. The lowest BCUT2D eigenvalue weighted by Gasteiger charge is -2.22. The summed E-state index contributed by atoms with van der Waals surface area (Å²) in [6.07, 6.45) is 1.17. The van der Waals surface area contributed by atoms with Crippen LogP contribution in [0, 0.1) is 0 Å². The molecule has 0 amide bonds. The van der Waals surface area contributed by atoms with E-state index in [-0.39, 0.29) is 11.5 Å². The highest BCUT2D eigenvalue weighted by Gasteiger charge is 2.38. The molecule has 1 aliphatic heterocycles. The largest absolute Gasteiger partial charge is 0.324 e. The van der Waals surface area contributed by atoms with Gasteiger partial charge in [-0.1, -0.05) is 28.1 Å². The van der Waals surface area contributed by atoms with Gasteiger partial charge in [0.05, 0.1) is 11.5 Å². The second-order valence-corrected chi connectivity index (χ2v) is 7.61. The Morgan fingerprint density at radius 3 is 2.75 bits per heavy atom. The molecule has 1 heterocycles. The second kappa shape index (κ2) is 4.13. The Balaban J connectivity index is 2.16. The van der Waals surface area contributed by atoms with Crippen molar-refractivity contribution in [2.75, 3.05) is 11.5 Å². The van der Waals surface area contributed by atoms with E-state index in [0.717, 1.165) is 10.0 Å². The smallest absolute Gasteiger partial charge is 0.152 e. The number of benzene rings is 1. The minimum Gasteiger partial charge on any atom is -0.324 e. The standard InChI is InChI=1S/C11H14BrNO2S/c12-10-3-1-2-9(6-10)7-11(13)4-5-16(14,15)8-11/h1-3,6H,4-5,7-8,13H2. The van der Waals surface area contributed by atoms with Crippen molar-refractivity contribution < 1.29 is 8.42 Å². The Bertz CT molecular complexity index is 500. The summed E-state index contributed by atoms with van der Waals surface area (Å²) in [4.78, 5) is 0. The predicted octanol–water partition coefficient (Wildman–Crippen LogP) is 1.51. The van der Waals surface area contributed by atoms with Crippen LogP contribution in [0.4, 0.5) is 0 Å². The summed E-state index contributed by atoms with van der Waals surface area (Å²) in [7, 11) is -2.92. The van der Waals surface area contributed by atoms with Gasteiger partial charge in [0.1, 0.15) is 0 Å². The van der Waals surface area contributed by atoms with Crippen LogP contribution in [-0.4, -0.2) is 25.5 Å². The highest BCUT2D eigenvalue weighted by Crippen LogP contribution is 2.25. The first-order valence-corrected chi connectivity index (χ1v) is 7.74. The van der Waals surface area contributed by atoms with E-state index in [0.29, 0.717) is 12.8 Å². The molecule has 1 atom stereocenters. The summed E-state index contributed by atoms with van der Waals surface area (Å²) in [5.74, 6) is 0.323. The molecule has 0 bridgehead atoms. The van der Waals surface area contributed by atoms with Crippen LogP contribution >= 0.6 is 15.9 Å². The molecule has 5 heteroatoms. The fourth-order valence-electron chi connectivity index (χ4n) is 2.13. The molecule has 0 radical (unpaired) electrons. The van der Waals surface area contributed by atoms with E-state index in [2.05, 4.69) is 15.9 Å². The van der Waals surface area contributed by atoms with Crippen molar-refractivity contribution >= 4 is 25.8 Å². The molecule has 0 spiro atoms. The summed E-state index contributed by atoms with van der Waals surface area (Å²) in [6, 6.07) is 7.84. The summed E-state index contributed by atoms with van der Waals surface area (Å²) < 4.78 is 23.8. The molecule has 88 valence electrons. The van der Waals surface area contributed by atoms with Crippen LogP contribution in [0.15, 0.2) is 28.7 Å². The second-order valence-electron chi connectivity index (χ2n) is 4.51. The minimum atomic E-state index is -2.92. The van der Waals surface area contributed by atoms with E-state index in [4.69, 9.17) is 5.73 Å². The fraction of sp³-hybridized carbons (Fsp3) is 0.455. The van der Waals surface area contributed by atoms with Gasteiger partial charge in [0.2, 0.25) is 0 Å². The highest BCUT2D eigenvalue weighted by atomic mass is 79.9. The van der Waals surface area contributed by atoms with Gasteiger partial charge in [-0.15, -0.1) is 0 Å². The molecule has 1 aromatic rings. The Hall–Kier alpha value is -0.390. The topological polar surface area (TPSA) is 60.2 Å². The van der Waals surface area contributed by atoms with Gasteiger partial charge in [-0.05, 0) is 30.5 Å². The van der Waals surface area contributed by atoms with Crippen molar-refractivity contribution in [3.63, 3.8) is 0 Å². The summed E-state index contributed by atoms with van der Waals surface area (Å²) in [6.45, 7) is 0. The molecule has 16 heavy (non-hydrogen) atoms. The van der Waals surface area contributed by atoms with Gasteiger partial charge in [-0.2, -0.15) is 0 Å². The minimum absolute atomic E-state index is 0.104. The maximum Gasteiger partial charge on any atom is 0.152 e. The lowest BCUT2D eigenvalue weighted by atomic mass is 9.91. The monoisotopic (exact) mass is 303 g/mol. The zero-order chi connectivity index (χ0) is 11.8. The Morgan fingerprint density at radius 2 is 2.19 bits per heavy atom. The Kier molecular flexibility index (Phi) is 3.11. The third-order valence-electron chi connectivity index (χ3n) is 2.86. The molecular weight excluding hydrogens is 290 g/mol. The van der Waals surface area contributed by atoms with Crippen molar-refractivity contribution in [1.82, 2.24) is 0 Å². The van der Waals surface area contributed by atoms with Crippen LogP contribution in [0.5, 0.6) is 0 Å². The molecule has 0 saturated carbocycles. The summed E-state index contributed by atoms with van der Waals surface area (Å²) >= 11 is 3.39. The van der Waals surface area contributed by atoms with Gasteiger partial charge >= 0.3 is 0 Å². The first-order chi connectivity index (χ1) is 7.39. The molecule has 1 saturated heterocycles. The summed E-state index contributed by atoms with van der Waals surface area (Å²) in [5, 5.41) is 0. The maximum absolute atomic E-state index is 11.4. The quantitative estimate of drug-likeness (QED) is 0.901. The molecule has 2 N–H and O–H groups in total. The molecule has 1 aliphatic rings. The van der Waals surface area contributed by atoms with E-state index in [1.54, 1.807) is 0 Å². The number of nitrogens with two attached hydrogens (primary N) is 1. The molecule has 1 aromatic carbocycles. The third-order valence-corrected chi connectivity index (χ3v) is 5.20. The highest BCUT2D eigenvalue weighted by molar-refractivity contribution is 9.10. The van der Waals surface area contributed by atoms with Crippen molar-refractivity contribution in [2.24, 2.45) is 5.73 Å². The number of sulfone groups is 1. The van der Waals surface area contributed by atoms with Gasteiger partial charge in [0, 0.05) is 10.0 Å². The van der Waals surface area contributed by atoms with E-state index >= 15 is 0 Å². The van der Waals surface area contributed by atoms with Gasteiger partial charge in [-0.3, -0.25) is 0 Å². The van der Waals surface area contributed by atoms with Crippen molar-refractivity contribution in [3.05, 3.63) is 34.3 Å². The molecular formula is C11H14BrNO2S. The average molecular weight is 304 g/mol. The lowest BCUT2D eigenvalue weighted by molar-refractivity contribution is 0.476.